The fourth-order valence-electron chi connectivity index (χ4n) is 3.15. The molecule has 1 N–H and O–H groups in total. The first-order valence-electron chi connectivity index (χ1n) is 9.69. The first kappa shape index (κ1) is 27.8. The maximum Gasteiger partial charge on any atom is 1.00 e. The molecular formula is C21H19KN4O7S. The molecule has 0 aliphatic heterocycles. The van der Waals surface area contributed by atoms with Gasteiger partial charge in [0.05, 0.1) is 20.0 Å². The van der Waals surface area contributed by atoms with Crippen LogP contribution in [0.4, 0.5) is 34.1 Å². The Morgan fingerprint density at radius 1 is 0.794 bits per heavy atom. The number of nitrogens with one attached hydrogen (secondary N) is 1. The molecule has 172 valence electrons. The topological polar surface area (TPSA) is 159 Å². The van der Waals surface area contributed by atoms with Crippen molar-refractivity contribution in [1.82, 2.24) is 0 Å². The molecule has 3 rings (SSSR count). The van der Waals surface area contributed by atoms with Crippen molar-refractivity contribution in [2.24, 2.45) is 0 Å². The second-order valence-corrected chi connectivity index (χ2v) is 8.54. The molecule has 0 saturated heterocycles. The van der Waals surface area contributed by atoms with Gasteiger partial charge in [0.2, 0.25) is 0 Å². The number of hydrogen-bond donors (Lipinski definition) is 1. The van der Waals surface area contributed by atoms with E-state index in [1.165, 1.54) is 24.3 Å². The second kappa shape index (κ2) is 12.4. The van der Waals surface area contributed by atoms with Gasteiger partial charge in [0.25, 0.3) is 11.4 Å². The van der Waals surface area contributed by atoms with Crippen molar-refractivity contribution in [3.8, 4) is 0 Å². The van der Waals surface area contributed by atoms with Gasteiger partial charge < -0.3 is 14.8 Å². The van der Waals surface area contributed by atoms with Crippen molar-refractivity contribution < 1.29 is 74.2 Å². The van der Waals surface area contributed by atoms with E-state index in [4.69, 9.17) is 0 Å². The van der Waals surface area contributed by atoms with E-state index in [-0.39, 0.29) is 75.7 Å². The number of non-ortho nitro benzene ring substituents is 2. The van der Waals surface area contributed by atoms with Crippen molar-refractivity contribution in [3.05, 3.63) is 93.0 Å². The van der Waals surface area contributed by atoms with Gasteiger partial charge in [-0.25, -0.2) is 8.42 Å². The minimum absolute atomic E-state index is 0. The fraction of sp³-hybridized carbons (Fsp3) is 0.143. The number of benzene rings is 3. The zero-order valence-electron chi connectivity index (χ0n) is 18.2. The Morgan fingerprint density at radius 2 is 1.35 bits per heavy atom. The standard InChI is InChI=1S/C21H20N4O7S.K/c26-24(27)19-7-5-16(6-8-19)22-17-3-1-4-21(15-17)23(13-2-14-33(30,31)32)18-9-11-20(12-10-18)25(28)29;/h1,3-12,15,22H,2,13-14H2,(H,30,31,32);/q;+1/p-1. The van der Waals surface area contributed by atoms with Crippen LogP contribution < -0.4 is 61.6 Å². The van der Waals surface area contributed by atoms with Gasteiger partial charge in [-0.15, -0.1) is 0 Å². The van der Waals surface area contributed by atoms with Crippen LogP contribution in [0.3, 0.4) is 0 Å². The molecule has 3 aromatic rings. The van der Waals surface area contributed by atoms with E-state index in [0.717, 1.165) is 0 Å². The maximum absolute atomic E-state index is 11.0. The SMILES string of the molecule is O=[N+]([O-])c1ccc(Nc2cccc(N(CCCS(=O)(=O)[O-])c3ccc([N+](=O)[O-])cc3)c2)cc1.[K+]. The Labute approximate surface area is 238 Å². The normalized spacial score (nSPS) is 10.7. The third kappa shape index (κ3) is 8.13. The van der Waals surface area contributed by atoms with Crippen molar-refractivity contribution >= 4 is 44.2 Å². The molecule has 34 heavy (non-hydrogen) atoms. The smallest absolute Gasteiger partial charge is 0.748 e. The van der Waals surface area contributed by atoms with Crippen LogP contribution in [-0.4, -0.2) is 35.1 Å². The molecule has 0 amide bonds. The van der Waals surface area contributed by atoms with Crippen LogP contribution in [0.25, 0.3) is 0 Å². The quantitative estimate of drug-likeness (QED) is 0.184. The Kier molecular flexibility index (Phi) is 10.1. The summed E-state index contributed by atoms with van der Waals surface area (Å²) in [4.78, 5) is 22.5. The summed E-state index contributed by atoms with van der Waals surface area (Å²) in [5.41, 5.74) is 2.39. The molecule has 0 bridgehead atoms. The Morgan fingerprint density at radius 3 is 1.88 bits per heavy atom. The first-order chi connectivity index (χ1) is 15.6. The minimum atomic E-state index is -4.39. The van der Waals surface area contributed by atoms with Gasteiger partial charge in [-0.1, -0.05) is 6.07 Å². The van der Waals surface area contributed by atoms with Gasteiger partial charge in [0.15, 0.2) is 0 Å². The van der Waals surface area contributed by atoms with E-state index in [1.54, 1.807) is 53.4 Å². The number of nitro groups is 2. The Bertz CT molecular complexity index is 1250. The van der Waals surface area contributed by atoms with E-state index in [9.17, 15) is 33.2 Å². The molecule has 0 unspecified atom stereocenters. The molecule has 0 spiro atoms. The van der Waals surface area contributed by atoms with Crippen LogP contribution in [0.15, 0.2) is 72.8 Å². The molecular weight excluding hydrogens is 491 g/mol. The summed E-state index contributed by atoms with van der Waals surface area (Å²) in [7, 11) is -4.39. The molecule has 0 aromatic heterocycles. The molecule has 0 atom stereocenters. The average molecular weight is 511 g/mol. The molecule has 13 heteroatoms. The van der Waals surface area contributed by atoms with Crippen LogP contribution in [0.1, 0.15) is 6.42 Å². The fourth-order valence-corrected chi connectivity index (χ4v) is 3.63. The van der Waals surface area contributed by atoms with E-state index in [2.05, 4.69) is 5.32 Å². The summed E-state index contributed by atoms with van der Waals surface area (Å²) in [5.74, 6) is -0.544. The zero-order chi connectivity index (χ0) is 24.0. The van der Waals surface area contributed by atoms with Gasteiger partial charge in [0.1, 0.15) is 0 Å². The number of rotatable bonds is 10. The van der Waals surface area contributed by atoms with Crippen molar-refractivity contribution in [3.63, 3.8) is 0 Å². The number of nitrogens with zero attached hydrogens (tertiary/aromatic N) is 3. The van der Waals surface area contributed by atoms with Crippen LogP contribution in [0.2, 0.25) is 0 Å². The molecule has 0 saturated carbocycles. The summed E-state index contributed by atoms with van der Waals surface area (Å²) < 4.78 is 33.1. The third-order valence-electron chi connectivity index (χ3n) is 4.67. The summed E-state index contributed by atoms with van der Waals surface area (Å²) in [6, 6.07) is 18.7. The van der Waals surface area contributed by atoms with Crippen molar-refractivity contribution in [2.45, 2.75) is 6.42 Å². The van der Waals surface area contributed by atoms with Crippen LogP contribution in [0, 0.1) is 20.2 Å². The maximum atomic E-state index is 11.0. The van der Waals surface area contributed by atoms with E-state index in [0.29, 0.717) is 22.7 Å². The molecule has 11 nitrogen and oxygen atoms in total. The molecule has 0 aliphatic carbocycles. The summed E-state index contributed by atoms with van der Waals surface area (Å²) >= 11 is 0. The average Bonchev–Trinajstić information content (AvgIpc) is 2.77. The van der Waals surface area contributed by atoms with E-state index >= 15 is 0 Å². The second-order valence-electron chi connectivity index (χ2n) is 7.02. The Hall–Kier alpha value is -2.39. The van der Waals surface area contributed by atoms with Crippen molar-refractivity contribution in [2.75, 3.05) is 22.5 Å². The third-order valence-corrected chi connectivity index (χ3v) is 5.46. The van der Waals surface area contributed by atoms with Gasteiger partial charge in [-0.2, -0.15) is 0 Å². The van der Waals surface area contributed by atoms with Gasteiger partial charge in [-0.3, -0.25) is 20.2 Å². The predicted molar refractivity (Wildman–Crippen MR) is 122 cm³/mol. The molecule has 3 aromatic carbocycles. The Balaban J connectivity index is 0.00000408. The van der Waals surface area contributed by atoms with Crippen molar-refractivity contribution in [1.29, 1.82) is 0 Å². The van der Waals surface area contributed by atoms with Crippen LogP contribution in [0.5, 0.6) is 0 Å². The summed E-state index contributed by atoms with van der Waals surface area (Å²) in [5, 5.41) is 24.9. The largest absolute Gasteiger partial charge is 1.00 e. The minimum Gasteiger partial charge on any atom is -0.748 e. The molecule has 0 fully saturated rings. The summed E-state index contributed by atoms with van der Waals surface area (Å²) in [6.45, 7) is 0.181. The molecule has 0 heterocycles. The number of anilines is 4. The van der Waals surface area contributed by atoms with Gasteiger partial charge in [0, 0.05) is 59.3 Å². The zero-order valence-corrected chi connectivity index (χ0v) is 22.1. The predicted octanol–water partition coefficient (Wildman–Crippen LogP) is 1.32. The molecule has 0 radical (unpaired) electrons. The number of nitro benzene ring substituents is 2. The number of hydrogen-bond acceptors (Lipinski definition) is 9. The summed E-state index contributed by atoms with van der Waals surface area (Å²) in [6.07, 6.45) is 0.0584. The van der Waals surface area contributed by atoms with Crippen LogP contribution in [-0.2, 0) is 10.1 Å². The molecule has 0 aliphatic rings. The van der Waals surface area contributed by atoms with E-state index < -0.39 is 25.7 Å². The van der Waals surface area contributed by atoms with Gasteiger partial charge in [-0.05, 0) is 48.9 Å². The van der Waals surface area contributed by atoms with Crippen LogP contribution >= 0.6 is 0 Å². The van der Waals surface area contributed by atoms with Gasteiger partial charge >= 0.3 is 51.4 Å². The first-order valence-corrected chi connectivity index (χ1v) is 11.3. The monoisotopic (exact) mass is 510 g/mol. The van der Waals surface area contributed by atoms with E-state index in [1.807, 2.05) is 0 Å².